The lowest BCUT2D eigenvalue weighted by molar-refractivity contribution is -0.115. The highest BCUT2D eigenvalue weighted by molar-refractivity contribution is 7.14. The largest absolute Gasteiger partial charge is 0.444 e. The van der Waals surface area contributed by atoms with E-state index < -0.39 is 17.6 Å². The van der Waals surface area contributed by atoms with Crippen LogP contribution < -0.4 is 15.5 Å². The maximum atomic E-state index is 12.2. The van der Waals surface area contributed by atoms with E-state index in [1.807, 2.05) is 28.2 Å². The van der Waals surface area contributed by atoms with Crippen LogP contribution in [-0.4, -0.2) is 69.0 Å². The normalized spacial score (nSPS) is 18.7. The summed E-state index contributed by atoms with van der Waals surface area (Å²) >= 11 is 1.28. The lowest BCUT2D eigenvalue weighted by Gasteiger charge is -2.35. The predicted octanol–water partition coefficient (Wildman–Crippen LogP) is 2.93. The Hall–Kier alpha value is -3.25. The van der Waals surface area contributed by atoms with E-state index in [-0.39, 0.29) is 18.8 Å². The number of amides is 2. The summed E-state index contributed by atoms with van der Waals surface area (Å²) in [6.07, 6.45) is 1.40. The Morgan fingerprint density at radius 3 is 2.65 bits per heavy atom. The van der Waals surface area contributed by atoms with E-state index in [9.17, 15) is 9.59 Å². The third-order valence-corrected chi connectivity index (χ3v) is 5.65. The van der Waals surface area contributed by atoms with Crippen molar-refractivity contribution >= 4 is 39.9 Å². The first kappa shape index (κ1) is 23.9. The molecule has 2 N–H and O–H groups in total. The van der Waals surface area contributed by atoms with Crippen molar-refractivity contribution < 1.29 is 19.1 Å². The number of carbonyl (C=O) groups excluding carboxylic acids is 2. The van der Waals surface area contributed by atoms with Gasteiger partial charge in [-0.1, -0.05) is 0 Å². The summed E-state index contributed by atoms with van der Waals surface area (Å²) in [7, 11) is 0. The zero-order valence-corrected chi connectivity index (χ0v) is 20.7. The summed E-state index contributed by atoms with van der Waals surface area (Å²) in [5.74, 6) is 0.499. The first-order valence-electron chi connectivity index (χ1n) is 11.0. The smallest absolute Gasteiger partial charge is 0.408 e. The van der Waals surface area contributed by atoms with Crippen molar-refractivity contribution in [2.45, 2.75) is 52.4 Å². The van der Waals surface area contributed by atoms with Gasteiger partial charge in [0.2, 0.25) is 5.91 Å². The molecule has 3 aromatic heterocycles. The molecule has 34 heavy (non-hydrogen) atoms. The minimum absolute atomic E-state index is 0.118. The lowest BCUT2D eigenvalue weighted by atomic mass is 10.2. The van der Waals surface area contributed by atoms with Crippen molar-refractivity contribution in [1.82, 2.24) is 24.9 Å². The number of fused-ring (bicyclic) bond motifs is 1. The molecular weight excluding hydrogens is 458 g/mol. The highest BCUT2D eigenvalue weighted by Gasteiger charge is 2.25. The third kappa shape index (κ3) is 5.81. The van der Waals surface area contributed by atoms with Crippen LogP contribution in [-0.2, 0) is 14.3 Å². The molecule has 1 saturated heterocycles. The summed E-state index contributed by atoms with van der Waals surface area (Å²) in [6, 6.07) is 3.74. The second-order valence-corrected chi connectivity index (χ2v) is 10.1. The third-order valence-electron chi connectivity index (χ3n) is 4.89. The van der Waals surface area contributed by atoms with Gasteiger partial charge in [-0.25, -0.2) is 14.8 Å². The lowest BCUT2D eigenvalue weighted by Crippen LogP contribution is -2.46. The van der Waals surface area contributed by atoms with Gasteiger partial charge in [0.1, 0.15) is 23.5 Å². The number of ether oxygens (including phenoxy) is 2. The summed E-state index contributed by atoms with van der Waals surface area (Å²) < 4.78 is 12.8. The van der Waals surface area contributed by atoms with Gasteiger partial charge in [0.25, 0.3) is 0 Å². The number of nitrogens with zero attached hydrogens (tertiary/aromatic N) is 5. The molecule has 0 aromatic carbocycles. The molecule has 12 heteroatoms. The van der Waals surface area contributed by atoms with Crippen molar-refractivity contribution in [2.75, 3.05) is 29.9 Å². The molecule has 0 radical (unpaired) electrons. The van der Waals surface area contributed by atoms with Crippen LogP contribution in [0.4, 0.5) is 15.7 Å². The van der Waals surface area contributed by atoms with Crippen molar-refractivity contribution in [1.29, 1.82) is 0 Å². The maximum absolute atomic E-state index is 12.2. The van der Waals surface area contributed by atoms with Crippen molar-refractivity contribution in [2.24, 2.45) is 0 Å². The Morgan fingerprint density at radius 2 is 1.94 bits per heavy atom. The second kappa shape index (κ2) is 9.55. The first-order chi connectivity index (χ1) is 16.1. The molecule has 4 heterocycles. The van der Waals surface area contributed by atoms with Gasteiger partial charge >= 0.3 is 6.09 Å². The SMILES string of the molecule is C[C@@H]1CN(c2cnc3ccc(-c4csc(NC(=O)CNC(=O)OC(C)(C)C)n4)nn23)C[C@H](C)O1. The Morgan fingerprint density at radius 1 is 1.21 bits per heavy atom. The van der Waals surface area contributed by atoms with Crippen LogP contribution in [0.3, 0.4) is 0 Å². The van der Waals surface area contributed by atoms with Gasteiger partial charge in [-0.3, -0.25) is 4.79 Å². The molecule has 2 atom stereocenters. The maximum Gasteiger partial charge on any atom is 0.408 e. The Bertz CT molecular complexity index is 1180. The number of alkyl carbamates (subject to hydrolysis) is 1. The molecule has 11 nitrogen and oxygen atoms in total. The fourth-order valence-electron chi connectivity index (χ4n) is 3.66. The second-order valence-electron chi connectivity index (χ2n) is 9.21. The molecule has 182 valence electrons. The van der Waals surface area contributed by atoms with Crippen molar-refractivity contribution in [3.8, 4) is 11.4 Å². The van der Waals surface area contributed by atoms with Gasteiger partial charge in [-0.15, -0.1) is 11.3 Å². The average Bonchev–Trinajstić information content (AvgIpc) is 3.37. The predicted molar refractivity (Wildman–Crippen MR) is 129 cm³/mol. The van der Waals surface area contributed by atoms with Crippen LogP contribution in [0.1, 0.15) is 34.6 Å². The summed E-state index contributed by atoms with van der Waals surface area (Å²) in [5.41, 5.74) is 1.39. The van der Waals surface area contributed by atoms with Crippen LogP contribution >= 0.6 is 11.3 Å². The number of imidazole rings is 1. The fraction of sp³-hybridized carbons (Fsp3) is 0.500. The summed E-state index contributed by atoms with van der Waals surface area (Å²) in [5, 5.41) is 12.1. The number of aromatic nitrogens is 4. The average molecular weight is 488 g/mol. The molecule has 0 unspecified atom stereocenters. The number of hydrogen-bond donors (Lipinski definition) is 2. The number of hydrogen-bond acceptors (Lipinski definition) is 9. The first-order valence-corrected chi connectivity index (χ1v) is 11.9. The minimum Gasteiger partial charge on any atom is -0.444 e. The van der Waals surface area contributed by atoms with E-state index >= 15 is 0 Å². The molecule has 4 rings (SSSR count). The molecule has 1 aliphatic heterocycles. The molecule has 0 saturated carbocycles. The molecule has 0 bridgehead atoms. The monoisotopic (exact) mass is 487 g/mol. The standard InChI is InChI=1S/C22H29N7O4S/c1-13-10-28(11-14(2)32-13)19-9-23-17-7-6-15(27-29(17)19)16-12-34-20(25-16)26-18(30)8-24-21(31)33-22(3,4)5/h6-7,9,12-14H,8,10-11H2,1-5H3,(H,24,31)(H,25,26,30)/t13-,14+. The van der Waals surface area contributed by atoms with Gasteiger partial charge in [-0.2, -0.15) is 9.61 Å². The van der Waals surface area contributed by atoms with Gasteiger partial charge in [-0.05, 0) is 46.8 Å². The number of carbonyl (C=O) groups is 2. The van der Waals surface area contributed by atoms with Crippen molar-refractivity contribution in [3.05, 3.63) is 23.7 Å². The van der Waals surface area contributed by atoms with Crippen LogP contribution in [0.5, 0.6) is 0 Å². The van der Waals surface area contributed by atoms with Crippen LogP contribution in [0, 0.1) is 0 Å². The van der Waals surface area contributed by atoms with E-state index in [1.165, 1.54) is 11.3 Å². The van der Waals surface area contributed by atoms with Crippen LogP contribution in [0.15, 0.2) is 23.7 Å². The highest BCUT2D eigenvalue weighted by atomic mass is 32.1. The molecule has 1 fully saturated rings. The van der Waals surface area contributed by atoms with Crippen LogP contribution in [0.2, 0.25) is 0 Å². The van der Waals surface area contributed by atoms with E-state index in [2.05, 4.69) is 39.3 Å². The summed E-state index contributed by atoms with van der Waals surface area (Å²) in [6.45, 7) is 10.7. The molecule has 0 aliphatic carbocycles. The zero-order valence-electron chi connectivity index (χ0n) is 19.9. The van der Waals surface area contributed by atoms with Gasteiger partial charge < -0.3 is 25.0 Å². The summed E-state index contributed by atoms with van der Waals surface area (Å²) in [4.78, 5) is 35.1. The Balaban J connectivity index is 1.44. The molecule has 3 aromatic rings. The van der Waals surface area contributed by atoms with Crippen LogP contribution in [0.25, 0.3) is 17.0 Å². The molecule has 1 aliphatic rings. The number of anilines is 2. The zero-order chi connectivity index (χ0) is 24.5. The van der Waals surface area contributed by atoms with E-state index in [4.69, 9.17) is 14.6 Å². The van der Waals surface area contributed by atoms with Gasteiger partial charge in [0, 0.05) is 18.5 Å². The molecule has 2 amide bonds. The number of rotatable bonds is 5. The quantitative estimate of drug-likeness (QED) is 0.563. The topological polar surface area (TPSA) is 123 Å². The van der Waals surface area contributed by atoms with Crippen molar-refractivity contribution in [3.63, 3.8) is 0 Å². The molecule has 0 spiro atoms. The van der Waals surface area contributed by atoms with Gasteiger partial charge in [0.15, 0.2) is 16.6 Å². The van der Waals surface area contributed by atoms with Gasteiger partial charge in [0.05, 0.1) is 18.4 Å². The highest BCUT2D eigenvalue weighted by Crippen LogP contribution is 2.26. The van der Waals surface area contributed by atoms with E-state index in [0.717, 1.165) is 24.6 Å². The van der Waals surface area contributed by atoms with E-state index in [0.29, 0.717) is 16.5 Å². The number of nitrogens with one attached hydrogen (secondary N) is 2. The fourth-order valence-corrected chi connectivity index (χ4v) is 4.38. The number of morpholine rings is 1. The molecular formula is C22H29N7O4S. The Labute approximate surface area is 201 Å². The van der Waals surface area contributed by atoms with E-state index in [1.54, 1.807) is 20.8 Å². The minimum atomic E-state index is -0.653. The number of thiazole rings is 1. The Kier molecular flexibility index (Phi) is 6.71.